The predicted octanol–water partition coefficient (Wildman–Crippen LogP) is -3.73. The molecule has 44 valence electrons. The molecule has 0 aromatic carbocycles. The summed E-state index contributed by atoms with van der Waals surface area (Å²) >= 11 is 0. The van der Waals surface area contributed by atoms with Crippen LogP contribution in [0.5, 0.6) is 0 Å². The van der Waals surface area contributed by atoms with E-state index >= 15 is 0 Å². The first kappa shape index (κ1) is 16.0. The third-order valence-electron chi connectivity index (χ3n) is 0.183. The van der Waals surface area contributed by atoms with Gasteiger partial charge < -0.3 is 11.6 Å². The van der Waals surface area contributed by atoms with Crippen molar-refractivity contribution in [3.8, 4) is 0 Å². The van der Waals surface area contributed by atoms with Gasteiger partial charge in [-0.15, -0.1) is 0 Å². The maximum Gasteiger partial charge on any atom is 1.00 e. The summed E-state index contributed by atoms with van der Waals surface area (Å²) in [5.41, 5.74) is 0. The minimum Gasteiger partial charge on any atom is -1.00 e. The standard InChI is InChI=1S/C2H2O4.Fe.K.H/c3-1(4)2(5)6;;;/h(H,3,4)(H,5,6);;;/q;;+1;-1. The summed E-state index contributed by atoms with van der Waals surface area (Å²) < 4.78 is 0. The Kier molecular flexibility index (Phi) is 16.2. The van der Waals surface area contributed by atoms with Crippen molar-refractivity contribution in [1.82, 2.24) is 0 Å². The monoisotopic (exact) mass is 186 g/mol. The maximum absolute atomic E-state index is 9.10. The summed E-state index contributed by atoms with van der Waals surface area (Å²) in [7, 11) is 0. The average molecular weight is 186 g/mol. The van der Waals surface area contributed by atoms with Crippen LogP contribution < -0.4 is 51.4 Å². The molecule has 0 fully saturated rings. The van der Waals surface area contributed by atoms with Crippen LogP contribution in [0, 0.1) is 0 Å². The number of aliphatic carboxylic acids is 2. The zero-order chi connectivity index (χ0) is 5.15. The number of rotatable bonds is 0. The number of carboxylic acids is 2. The van der Waals surface area contributed by atoms with Gasteiger partial charge in [0, 0.05) is 17.1 Å². The smallest absolute Gasteiger partial charge is 1.00 e. The first-order valence-electron chi connectivity index (χ1n) is 1.11. The van der Waals surface area contributed by atoms with Gasteiger partial charge in [0.05, 0.1) is 0 Å². The van der Waals surface area contributed by atoms with Crippen molar-refractivity contribution < 1.29 is 89.7 Å². The second kappa shape index (κ2) is 8.10. The molecule has 0 aliphatic carbocycles. The van der Waals surface area contributed by atoms with Gasteiger partial charge in [-0.05, 0) is 0 Å². The quantitative estimate of drug-likeness (QED) is 0.301. The summed E-state index contributed by atoms with van der Waals surface area (Å²) in [6, 6.07) is 0. The number of carboxylic acid groups (broad SMARTS) is 2. The van der Waals surface area contributed by atoms with E-state index in [9.17, 15) is 0 Å². The molecule has 0 saturated carbocycles. The van der Waals surface area contributed by atoms with E-state index in [2.05, 4.69) is 0 Å². The van der Waals surface area contributed by atoms with E-state index < -0.39 is 11.9 Å². The first-order chi connectivity index (χ1) is 2.64. The van der Waals surface area contributed by atoms with Crippen molar-refractivity contribution in [2.24, 2.45) is 0 Å². The number of hydrogen-bond donors (Lipinski definition) is 2. The Labute approximate surface area is 100 Å². The second-order valence-electron chi connectivity index (χ2n) is 0.610. The van der Waals surface area contributed by atoms with E-state index in [-0.39, 0.29) is 69.9 Å². The van der Waals surface area contributed by atoms with Crippen LogP contribution >= 0.6 is 0 Å². The van der Waals surface area contributed by atoms with Crippen LogP contribution in [0.2, 0.25) is 0 Å². The summed E-state index contributed by atoms with van der Waals surface area (Å²) in [5.74, 6) is -3.65. The fourth-order valence-electron chi connectivity index (χ4n) is 0. The SMILES string of the molecule is O=C(O)C(=O)O.[Fe].[H-].[K+]. The molecule has 4 nitrogen and oxygen atoms in total. The van der Waals surface area contributed by atoms with Gasteiger partial charge in [-0.2, -0.15) is 0 Å². The molecule has 0 rings (SSSR count). The molecule has 0 bridgehead atoms. The van der Waals surface area contributed by atoms with E-state index in [1.54, 1.807) is 0 Å². The first-order valence-corrected chi connectivity index (χ1v) is 1.11. The zero-order valence-electron chi connectivity index (χ0n) is 5.06. The molecule has 0 aliphatic rings. The molecule has 0 heterocycles. The number of carbonyl (C=O) groups is 2. The Morgan fingerprint density at radius 1 is 1.12 bits per heavy atom. The van der Waals surface area contributed by atoms with Gasteiger partial charge in [-0.3, -0.25) is 0 Å². The van der Waals surface area contributed by atoms with E-state index in [0.717, 1.165) is 0 Å². The summed E-state index contributed by atoms with van der Waals surface area (Å²) in [6.45, 7) is 0. The van der Waals surface area contributed by atoms with Crippen molar-refractivity contribution in [2.45, 2.75) is 0 Å². The van der Waals surface area contributed by atoms with Crippen LogP contribution in [-0.4, -0.2) is 22.2 Å². The van der Waals surface area contributed by atoms with Gasteiger partial charge >= 0.3 is 63.3 Å². The molecular formula is C2H3FeKO4. The van der Waals surface area contributed by atoms with Gasteiger partial charge in [0.1, 0.15) is 0 Å². The van der Waals surface area contributed by atoms with Crippen molar-refractivity contribution in [2.75, 3.05) is 0 Å². The Morgan fingerprint density at radius 3 is 1.25 bits per heavy atom. The molecule has 0 spiro atoms. The largest absolute Gasteiger partial charge is 1.00 e. The van der Waals surface area contributed by atoms with Crippen LogP contribution in [0.1, 0.15) is 1.43 Å². The fraction of sp³-hybridized carbons (Fsp3) is 0. The summed E-state index contributed by atoms with van der Waals surface area (Å²) in [5, 5.41) is 14.8. The molecular weight excluding hydrogens is 183 g/mol. The van der Waals surface area contributed by atoms with Crippen molar-refractivity contribution in [3.05, 3.63) is 0 Å². The topological polar surface area (TPSA) is 74.6 Å². The van der Waals surface area contributed by atoms with E-state index in [4.69, 9.17) is 19.8 Å². The molecule has 8 heavy (non-hydrogen) atoms. The normalized spacial score (nSPS) is 5.50. The zero-order valence-corrected chi connectivity index (χ0v) is 8.29. The minimum atomic E-state index is -1.82. The molecule has 0 aromatic heterocycles. The van der Waals surface area contributed by atoms with Gasteiger partial charge in [-0.1, -0.05) is 0 Å². The molecule has 0 unspecified atom stereocenters. The molecule has 0 saturated heterocycles. The van der Waals surface area contributed by atoms with E-state index in [1.807, 2.05) is 0 Å². The van der Waals surface area contributed by atoms with Crippen LogP contribution in [0.25, 0.3) is 0 Å². The van der Waals surface area contributed by atoms with Gasteiger partial charge in [0.2, 0.25) is 0 Å². The van der Waals surface area contributed by atoms with Crippen molar-refractivity contribution in [3.63, 3.8) is 0 Å². The molecule has 0 aliphatic heterocycles. The molecule has 0 aromatic rings. The Hall–Kier alpha value is 1.10. The summed E-state index contributed by atoms with van der Waals surface area (Å²) in [6.07, 6.45) is 0. The molecule has 2 N–H and O–H groups in total. The maximum atomic E-state index is 9.10. The van der Waals surface area contributed by atoms with Crippen LogP contribution in [0.15, 0.2) is 0 Å². The molecule has 0 radical (unpaired) electrons. The van der Waals surface area contributed by atoms with Crippen molar-refractivity contribution >= 4 is 11.9 Å². The Morgan fingerprint density at radius 2 is 1.25 bits per heavy atom. The molecule has 6 heteroatoms. The van der Waals surface area contributed by atoms with E-state index in [0.29, 0.717) is 0 Å². The van der Waals surface area contributed by atoms with Crippen LogP contribution in [0.4, 0.5) is 0 Å². The fourth-order valence-corrected chi connectivity index (χ4v) is 0. The van der Waals surface area contributed by atoms with Gasteiger partial charge in [-0.25, -0.2) is 9.59 Å². The van der Waals surface area contributed by atoms with Crippen LogP contribution in [0.3, 0.4) is 0 Å². The molecule has 0 amide bonds. The van der Waals surface area contributed by atoms with E-state index in [1.165, 1.54) is 0 Å². The third-order valence-corrected chi connectivity index (χ3v) is 0.183. The third kappa shape index (κ3) is 10.2. The Bertz CT molecular complexity index is 84.6. The van der Waals surface area contributed by atoms with Gasteiger partial charge in [0.15, 0.2) is 0 Å². The summed E-state index contributed by atoms with van der Waals surface area (Å²) in [4.78, 5) is 18.2. The van der Waals surface area contributed by atoms with Crippen molar-refractivity contribution in [1.29, 1.82) is 0 Å². The van der Waals surface area contributed by atoms with Crippen LogP contribution in [-0.2, 0) is 26.7 Å². The van der Waals surface area contributed by atoms with Gasteiger partial charge in [0.25, 0.3) is 0 Å². The second-order valence-corrected chi connectivity index (χ2v) is 0.610. The molecule has 0 atom stereocenters. The Balaban J connectivity index is -0.0000000417. The predicted molar refractivity (Wildman–Crippen MR) is 16.4 cm³/mol. The number of hydrogen-bond acceptors (Lipinski definition) is 2. The average Bonchev–Trinajstić information content (AvgIpc) is 1.36. The minimum absolute atomic E-state index is 0.